The van der Waals surface area contributed by atoms with Gasteiger partial charge < -0.3 is 5.32 Å². The Morgan fingerprint density at radius 2 is 1.77 bits per heavy atom. The van der Waals surface area contributed by atoms with Gasteiger partial charge in [0, 0.05) is 28.4 Å². The summed E-state index contributed by atoms with van der Waals surface area (Å²) < 4.78 is 0. The van der Waals surface area contributed by atoms with Gasteiger partial charge in [0.2, 0.25) is 11.6 Å². The van der Waals surface area contributed by atoms with E-state index in [0.29, 0.717) is 10.7 Å². The summed E-state index contributed by atoms with van der Waals surface area (Å²) in [6, 6.07) is 9.99. The van der Waals surface area contributed by atoms with Crippen molar-refractivity contribution < 1.29 is 14.6 Å². The molecule has 0 unspecified atom stereocenters. The number of carbonyl (C=O) groups is 1. The van der Waals surface area contributed by atoms with Crippen LogP contribution in [-0.2, 0) is 0 Å². The first kappa shape index (κ1) is 21.4. The number of amides is 1. The van der Waals surface area contributed by atoms with Gasteiger partial charge in [-0.2, -0.15) is 0 Å². The molecule has 158 valence electrons. The fourth-order valence-electron chi connectivity index (χ4n) is 2.54. The molecule has 0 saturated carbocycles. The van der Waals surface area contributed by atoms with E-state index in [9.17, 15) is 25.0 Å². The van der Waals surface area contributed by atoms with Crippen LogP contribution in [0.15, 0.2) is 48.8 Å². The van der Waals surface area contributed by atoms with E-state index in [-0.39, 0.29) is 22.9 Å². The first-order chi connectivity index (χ1) is 14.8. The zero-order chi connectivity index (χ0) is 22.5. The van der Waals surface area contributed by atoms with Gasteiger partial charge in [-0.05, 0) is 30.7 Å². The van der Waals surface area contributed by atoms with Gasteiger partial charge in [-0.15, -0.1) is 0 Å². The number of nitrogens with zero attached hydrogens (tertiary/aromatic N) is 4. The van der Waals surface area contributed by atoms with Crippen LogP contribution in [0.2, 0.25) is 5.02 Å². The van der Waals surface area contributed by atoms with Gasteiger partial charge in [0.15, 0.2) is 0 Å². The monoisotopic (exact) mass is 443 g/mol. The van der Waals surface area contributed by atoms with Crippen LogP contribution in [0, 0.1) is 27.2 Å². The Morgan fingerprint density at radius 1 is 1.03 bits per heavy atom. The standard InChI is InChI=1S/C18H14ClN7O5/c1-10-5-6-12(19)8-14(10)22-16-15(26(30)31)17(21-9-20-16)23-24-18(27)11-3-2-4-13(7-11)25(28)29/h2-9H,1H3,(H,24,27)(H2,20,21,22,23). The molecule has 0 aliphatic heterocycles. The summed E-state index contributed by atoms with van der Waals surface area (Å²) in [4.78, 5) is 41.1. The van der Waals surface area contributed by atoms with Crippen molar-refractivity contribution in [2.75, 3.05) is 10.7 Å². The third-order valence-corrected chi connectivity index (χ3v) is 4.31. The molecule has 3 aromatic rings. The summed E-state index contributed by atoms with van der Waals surface area (Å²) in [5, 5.41) is 25.8. The Labute approximate surface area is 179 Å². The minimum absolute atomic E-state index is 0.0219. The van der Waals surface area contributed by atoms with Crippen molar-refractivity contribution in [3.63, 3.8) is 0 Å². The molecule has 3 rings (SSSR count). The molecule has 0 atom stereocenters. The highest BCUT2D eigenvalue weighted by molar-refractivity contribution is 6.30. The Hall–Kier alpha value is -4.32. The number of aryl methyl sites for hydroxylation is 1. The maximum atomic E-state index is 12.3. The average molecular weight is 444 g/mol. The molecule has 0 aliphatic carbocycles. The highest BCUT2D eigenvalue weighted by Crippen LogP contribution is 2.32. The van der Waals surface area contributed by atoms with Crippen LogP contribution in [0.4, 0.5) is 28.7 Å². The second-order valence-electron chi connectivity index (χ2n) is 6.15. The highest BCUT2D eigenvalue weighted by Gasteiger charge is 2.24. The molecule has 1 heterocycles. The largest absolute Gasteiger partial charge is 0.355 e. The second kappa shape index (κ2) is 9.00. The van der Waals surface area contributed by atoms with E-state index >= 15 is 0 Å². The number of hydrogen-bond donors (Lipinski definition) is 3. The van der Waals surface area contributed by atoms with Crippen LogP contribution >= 0.6 is 11.6 Å². The van der Waals surface area contributed by atoms with Gasteiger partial charge in [0.25, 0.3) is 11.6 Å². The first-order valence-electron chi connectivity index (χ1n) is 8.59. The maximum absolute atomic E-state index is 12.3. The lowest BCUT2D eigenvalue weighted by Gasteiger charge is -2.12. The van der Waals surface area contributed by atoms with Crippen molar-refractivity contribution in [3.05, 3.63) is 85.2 Å². The van der Waals surface area contributed by atoms with Crippen molar-refractivity contribution in [1.82, 2.24) is 15.4 Å². The number of non-ortho nitro benzene ring substituents is 1. The summed E-state index contributed by atoms with van der Waals surface area (Å²) in [7, 11) is 0. The van der Waals surface area contributed by atoms with Gasteiger partial charge >= 0.3 is 5.69 Å². The number of nitro groups is 2. The number of hydrazine groups is 1. The molecule has 2 aromatic carbocycles. The Balaban J connectivity index is 1.85. The minimum Gasteiger partial charge on any atom is -0.334 e. The maximum Gasteiger partial charge on any atom is 0.355 e. The summed E-state index contributed by atoms with van der Waals surface area (Å²) in [5.41, 5.74) is 5.05. The molecule has 31 heavy (non-hydrogen) atoms. The molecule has 0 spiro atoms. The molecule has 1 amide bonds. The fourth-order valence-corrected chi connectivity index (χ4v) is 2.71. The van der Waals surface area contributed by atoms with Gasteiger partial charge in [0.05, 0.1) is 9.85 Å². The number of benzene rings is 2. The lowest BCUT2D eigenvalue weighted by atomic mass is 10.2. The van der Waals surface area contributed by atoms with Gasteiger partial charge in [-0.1, -0.05) is 23.7 Å². The van der Waals surface area contributed by atoms with E-state index in [1.54, 1.807) is 25.1 Å². The first-order valence-corrected chi connectivity index (χ1v) is 8.97. The van der Waals surface area contributed by atoms with Crippen LogP contribution < -0.4 is 16.2 Å². The lowest BCUT2D eigenvalue weighted by Crippen LogP contribution is -2.30. The molecule has 0 saturated heterocycles. The topological polar surface area (TPSA) is 165 Å². The Morgan fingerprint density at radius 3 is 2.48 bits per heavy atom. The quantitative estimate of drug-likeness (QED) is 0.364. The third kappa shape index (κ3) is 5.00. The van der Waals surface area contributed by atoms with Crippen molar-refractivity contribution in [1.29, 1.82) is 0 Å². The predicted molar refractivity (Wildman–Crippen MR) is 112 cm³/mol. The molecule has 3 N–H and O–H groups in total. The number of aromatic nitrogens is 2. The molecular formula is C18H14ClN7O5. The van der Waals surface area contributed by atoms with Crippen LogP contribution in [0.25, 0.3) is 0 Å². The Bertz CT molecular complexity index is 1190. The lowest BCUT2D eigenvalue weighted by molar-refractivity contribution is -0.384. The summed E-state index contributed by atoms with van der Waals surface area (Å²) in [6.45, 7) is 1.78. The number of halogens is 1. The van der Waals surface area contributed by atoms with E-state index in [0.717, 1.165) is 18.0 Å². The zero-order valence-electron chi connectivity index (χ0n) is 15.8. The van der Waals surface area contributed by atoms with Gasteiger partial charge in [-0.3, -0.25) is 35.9 Å². The number of anilines is 3. The van der Waals surface area contributed by atoms with Crippen molar-refractivity contribution in [3.8, 4) is 0 Å². The van der Waals surface area contributed by atoms with E-state index < -0.39 is 21.4 Å². The highest BCUT2D eigenvalue weighted by atomic mass is 35.5. The van der Waals surface area contributed by atoms with Crippen LogP contribution in [-0.4, -0.2) is 25.7 Å². The van der Waals surface area contributed by atoms with Crippen molar-refractivity contribution in [2.45, 2.75) is 6.92 Å². The summed E-state index contributed by atoms with van der Waals surface area (Å²) in [5.74, 6) is -1.17. The van der Waals surface area contributed by atoms with E-state index in [2.05, 4.69) is 26.1 Å². The number of nitrogens with one attached hydrogen (secondary N) is 3. The molecule has 12 nitrogen and oxygen atoms in total. The number of hydrogen-bond acceptors (Lipinski definition) is 9. The number of rotatable bonds is 7. The number of carbonyl (C=O) groups excluding carboxylic acids is 1. The van der Waals surface area contributed by atoms with E-state index in [1.807, 2.05) is 0 Å². The summed E-state index contributed by atoms with van der Waals surface area (Å²) >= 11 is 5.98. The van der Waals surface area contributed by atoms with Crippen LogP contribution in [0.1, 0.15) is 15.9 Å². The zero-order valence-corrected chi connectivity index (χ0v) is 16.6. The molecule has 0 aliphatic rings. The van der Waals surface area contributed by atoms with Crippen LogP contribution in [0.3, 0.4) is 0 Å². The molecular weight excluding hydrogens is 430 g/mol. The average Bonchev–Trinajstić information content (AvgIpc) is 2.74. The van der Waals surface area contributed by atoms with Crippen molar-refractivity contribution >= 4 is 46.2 Å². The van der Waals surface area contributed by atoms with Gasteiger partial charge in [0.1, 0.15) is 6.33 Å². The van der Waals surface area contributed by atoms with E-state index in [4.69, 9.17) is 11.6 Å². The summed E-state index contributed by atoms with van der Waals surface area (Å²) in [6.07, 6.45) is 1.07. The molecule has 0 radical (unpaired) electrons. The SMILES string of the molecule is Cc1ccc(Cl)cc1Nc1ncnc(NNC(=O)c2cccc([N+](=O)[O-])c2)c1[N+](=O)[O-]. The molecule has 0 bridgehead atoms. The van der Waals surface area contributed by atoms with Crippen LogP contribution in [0.5, 0.6) is 0 Å². The molecule has 1 aromatic heterocycles. The molecule has 0 fully saturated rings. The smallest absolute Gasteiger partial charge is 0.334 e. The molecule has 13 heteroatoms. The Kier molecular flexibility index (Phi) is 6.21. The fraction of sp³-hybridized carbons (Fsp3) is 0.0556. The normalized spacial score (nSPS) is 10.3. The second-order valence-corrected chi connectivity index (χ2v) is 6.58. The van der Waals surface area contributed by atoms with Crippen molar-refractivity contribution in [2.24, 2.45) is 0 Å². The third-order valence-electron chi connectivity index (χ3n) is 4.07. The predicted octanol–water partition coefficient (Wildman–Crippen LogP) is 3.76. The van der Waals surface area contributed by atoms with Gasteiger partial charge in [-0.25, -0.2) is 9.97 Å². The van der Waals surface area contributed by atoms with E-state index in [1.165, 1.54) is 18.2 Å². The minimum atomic E-state index is -0.753. The number of nitro benzene ring substituents is 1.